The zero-order valence-corrected chi connectivity index (χ0v) is 12.6. The monoisotopic (exact) mass is 282 g/mol. The van der Waals surface area contributed by atoms with Crippen molar-refractivity contribution in [2.24, 2.45) is 5.41 Å². The molecule has 2 aliphatic heterocycles. The van der Waals surface area contributed by atoms with Crippen molar-refractivity contribution in [2.75, 3.05) is 26.2 Å². The van der Waals surface area contributed by atoms with E-state index in [2.05, 4.69) is 6.92 Å². The molecule has 1 amide bonds. The predicted octanol–water partition coefficient (Wildman–Crippen LogP) is 1.57. The van der Waals surface area contributed by atoms with Crippen LogP contribution < -0.4 is 0 Å². The minimum Gasteiger partial charge on any atom is -0.481 e. The standard InChI is InChI=1S/C15H26N2O3/c1-3-15(14(19)20)7-9-16(11-15)10-13(18)17-8-5-4-6-12(17)2/h12H,3-11H2,1-2H3,(H,19,20). The Kier molecular flexibility index (Phi) is 4.68. The highest BCUT2D eigenvalue weighted by Crippen LogP contribution is 2.34. The van der Waals surface area contributed by atoms with E-state index in [1.165, 1.54) is 6.42 Å². The Bertz CT molecular complexity index is 385. The third-order valence-electron chi connectivity index (χ3n) is 5.05. The second-order valence-electron chi connectivity index (χ2n) is 6.33. The molecule has 114 valence electrons. The van der Waals surface area contributed by atoms with Crippen LogP contribution >= 0.6 is 0 Å². The molecule has 0 bridgehead atoms. The Labute approximate surface area is 120 Å². The van der Waals surface area contributed by atoms with E-state index in [4.69, 9.17) is 0 Å². The molecule has 2 rings (SSSR count). The summed E-state index contributed by atoms with van der Waals surface area (Å²) in [6.45, 7) is 6.48. The summed E-state index contributed by atoms with van der Waals surface area (Å²) < 4.78 is 0. The van der Waals surface area contributed by atoms with Crippen molar-refractivity contribution in [3.05, 3.63) is 0 Å². The van der Waals surface area contributed by atoms with E-state index in [9.17, 15) is 14.7 Å². The molecule has 0 aromatic heterocycles. The summed E-state index contributed by atoms with van der Waals surface area (Å²) in [6, 6.07) is 0.328. The SMILES string of the molecule is CCC1(C(=O)O)CCN(CC(=O)N2CCCCC2C)C1. The molecule has 2 saturated heterocycles. The van der Waals surface area contributed by atoms with Crippen LogP contribution in [-0.2, 0) is 9.59 Å². The number of likely N-dealkylation sites (tertiary alicyclic amines) is 2. The highest BCUT2D eigenvalue weighted by Gasteiger charge is 2.43. The lowest BCUT2D eigenvalue weighted by molar-refractivity contribution is -0.149. The van der Waals surface area contributed by atoms with Crippen LogP contribution in [0.5, 0.6) is 0 Å². The zero-order chi connectivity index (χ0) is 14.8. The molecular weight excluding hydrogens is 256 g/mol. The minimum absolute atomic E-state index is 0.162. The van der Waals surface area contributed by atoms with Gasteiger partial charge in [0, 0.05) is 19.1 Å². The van der Waals surface area contributed by atoms with Gasteiger partial charge in [-0.15, -0.1) is 0 Å². The van der Waals surface area contributed by atoms with Gasteiger partial charge in [0.05, 0.1) is 12.0 Å². The van der Waals surface area contributed by atoms with Gasteiger partial charge >= 0.3 is 5.97 Å². The molecule has 0 radical (unpaired) electrons. The van der Waals surface area contributed by atoms with Gasteiger partial charge < -0.3 is 10.0 Å². The van der Waals surface area contributed by atoms with E-state index in [0.29, 0.717) is 38.5 Å². The maximum Gasteiger partial charge on any atom is 0.310 e. The molecule has 0 aromatic rings. The minimum atomic E-state index is -0.721. The smallest absolute Gasteiger partial charge is 0.310 e. The summed E-state index contributed by atoms with van der Waals surface area (Å²) in [4.78, 5) is 27.8. The molecular formula is C15H26N2O3. The quantitative estimate of drug-likeness (QED) is 0.850. The van der Waals surface area contributed by atoms with Gasteiger partial charge in [0.15, 0.2) is 0 Å². The maximum atomic E-state index is 12.4. The van der Waals surface area contributed by atoms with E-state index in [1.54, 1.807) is 0 Å². The lowest BCUT2D eigenvalue weighted by atomic mass is 9.84. The number of rotatable bonds is 4. The van der Waals surface area contributed by atoms with Gasteiger partial charge in [-0.25, -0.2) is 0 Å². The molecule has 2 atom stereocenters. The summed E-state index contributed by atoms with van der Waals surface area (Å²) in [6.07, 6.45) is 4.66. The Morgan fingerprint density at radius 1 is 1.30 bits per heavy atom. The average Bonchev–Trinajstić information content (AvgIpc) is 2.84. The molecule has 0 aromatic carbocycles. The first-order valence-corrected chi connectivity index (χ1v) is 7.74. The van der Waals surface area contributed by atoms with Gasteiger partial charge in [0.1, 0.15) is 0 Å². The number of aliphatic carboxylic acids is 1. The first-order valence-electron chi connectivity index (χ1n) is 7.74. The third kappa shape index (κ3) is 2.97. The van der Waals surface area contributed by atoms with E-state index in [-0.39, 0.29) is 5.91 Å². The number of nitrogens with zero attached hydrogens (tertiary/aromatic N) is 2. The second kappa shape index (κ2) is 6.12. The van der Waals surface area contributed by atoms with Crippen LogP contribution in [0.4, 0.5) is 0 Å². The van der Waals surface area contributed by atoms with Gasteiger partial charge in [-0.05, 0) is 45.6 Å². The van der Waals surface area contributed by atoms with Gasteiger partial charge in [-0.3, -0.25) is 14.5 Å². The molecule has 5 nitrogen and oxygen atoms in total. The van der Waals surface area contributed by atoms with Gasteiger partial charge in [-0.1, -0.05) is 6.92 Å². The van der Waals surface area contributed by atoms with Crippen molar-refractivity contribution in [1.29, 1.82) is 0 Å². The molecule has 20 heavy (non-hydrogen) atoms. The first kappa shape index (κ1) is 15.3. The highest BCUT2D eigenvalue weighted by molar-refractivity contribution is 5.79. The molecule has 5 heteroatoms. The second-order valence-corrected chi connectivity index (χ2v) is 6.33. The van der Waals surface area contributed by atoms with Crippen molar-refractivity contribution in [3.8, 4) is 0 Å². The molecule has 0 aliphatic carbocycles. The predicted molar refractivity (Wildman–Crippen MR) is 76.4 cm³/mol. The molecule has 1 N–H and O–H groups in total. The van der Waals surface area contributed by atoms with Crippen LogP contribution in [-0.4, -0.2) is 59.0 Å². The number of amides is 1. The number of carboxylic acids is 1. The first-order chi connectivity index (χ1) is 9.48. The lowest BCUT2D eigenvalue weighted by Gasteiger charge is -2.34. The van der Waals surface area contributed by atoms with Crippen LogP contribution in [0.1, 0.15) is 46.0 Å². The van der Waals surface area contributed by atoms with Gasteiger partial charge in [0.2, 0.25) is 5.91 Å². The van der Waals surface area contributed by atoms with Crippen LogP contribution in [0.15, 0.2) is 0 Å². The fraction of sp³-hybridized carbons (Fsp3) is 0.867. The largest absolute Gasteiger partial charge is 0.481 e. The Balaban J connectivity index is 1.91. The molecule has 2 unspecified atom stereocenters. The topological polar surface area (TPSA) is 60.9 Å². The fourth-order valence-electron chi connectivity index (χ4n) is 3.46. The van der Waals surface area contributed by atoms with Crippen LogP contribution in [0, 0.1) is 5.41 Å². The van der Waals surface area contributed by atoms with E-state index >= 15 is 0 Å². The molecule has 0 spiro atoms. The van der Waals surface area contributed by atoms with Gasteiger partial charge in [0.25, 0.3) is 0 Å². The van der Waals surface area contributed by atoms with Crippen molar-refractivity contribution in [2.45, 2.75) is 52.0 Å². The summed E-state index contributed by atoms with van der Waals surface area (Å²) in [7, 11) is 0. The Morgan fingerprint density at radius 2 is 2.05 bits per heavy atom. The normalized spacial score (nSPS) is 31.5. The van der Waals surface area contributed by atoms with Crippen molar-refractivity contribution in [1.82, 2.24) is 9.80 Å². The van der Waals surface area contributed by atoms with E-state index < -0.39 is 11.4 Å². The van der Waals surface area contributed by atoms with Gasteiger partial charge in [-0.2, -0.15) is 0 Å². The number of carbonyl (C=O) groups is 2. The number of hydrogen-bond donors (Lipinski definition) is 1. The number of piperidine rings is 1. The Morgan fingerprint density at radius 3 is 2.60 bits per heavy atom. The zero-order valence-electron chi connectivity index (χ0n) is 12.6. The molecule has 2 fully saturated rings. The molecule has 2 heterocycles. The van der Waals surface area contributed by atoms with Crippen LogP contribution in [0.3, 0.4) is 0 Å². The third-order valence-corrected chi connectivity index (χ3v) is 5.05. The van der Waals surface area contributed by atoms with E-state index in [0.717, 1.165) is 19.4 Å². The maximum absolute atomic E-state index is 12.4. The van der Waals surface area contributed by atoms with E-state index in [1.807, 2.05) is 16.7 Å². The number of hydrogen-bond acceptors (Lipinski definition) is 3. The molecule has 2 aliphatic rings. The van der Waals surface area contributed by atoms with Crippen molar-refractivity contribution >= 4 is 11.9 Å². The number of carbonyl (C=O) groups excluding carboxylic acids is 1. The lowest BCUT2D eigenvalue weighted by Crippen LogP contribution is -2.47. The highest BCUT2D eigenvalue weighted by atomic mass is 16.4. The summed E-state index contributed by atoms with van der Waals surface area (Å²) in [5.41, 5.74) is -0.645. The van der Waals surface area contributed by atoms with Crippen LogP contribution in [0.25, 0.3) is 0 Å². The summed E-state index contributed by atoms with van der Waals surface area (Å²) >= 11 is 0. The van der Waals surface area contributed by atoms with Crippen molar-refractivity contribution in [3.63, 3.8) is 0 Å². The fourth-order valence-corrected chi connectivity index (χ4v) is 3.46. The summed E-state index contributed by atoms with van der Waals surface area (Å²) in [5, 5.41) is 9.38. The number of carboxylic acid groups (broad SMARTS) is 1. The summed E-state index contributed by atoms with van der Waals surface area (Å²) in [5.74, 6) is -0.559. The molecule has 0 saturated carbocycles. The van der Waals surface area contributed by atoms with Crippen LogP contribution in [0.2, 0.25) is 0 Å². The average molecular weight is 282 g/mol. The Hall–Kier alpha value is -1.10. The van der Waals surface area contributed by atoms with Crippen molar-refractivity contribution < 1.29 is 14.7 Å².